The number of carbonyl (C=O) groups excluding carboxylic acids is 2. The number of para-hydroxylation sites is 2. The van der Waals surface area contributed by atoms with Crippen molar-refractivity contribution in [2.45, 2.75) is 0 Å². The summed E-state index contributed by atoms with van der Waals surface area (Å²) in [5.74, 6) is -0.452. The number of H-pyrrole nitrogens is 1. The summed E-state index contributed by atoms with van der Waals surface area (Å²) < 4.78 is 0. The van der Waals surface area contributed by atoms with Crippen LogP contribution in [0.25, 0.3) is 32.6 Å². The number of aromatic nitrogens is 1. The van der Waals surface area contributed by atoms with Gasteiger partial charge in [0.15, 0.2) is 5.75 Å². The third-order valence-electron chi connectivity index (χ3n) is 8.02. The maximum atomic E-state index is 13.4. The molecule has 1 aromatic heterocycles. The first-order valence-electron chi connectivity index (χ1n) is 14.6. The first-order chi connectivity index (χ1) is 22.5. The van der Waals surface area contributed by atoms with Crippen molar-refractivity contribution in [3.8, 4) is 5.75 Å². The first kappa shape index (κ1) is 27.0. The van der Waals surface area contributed by atoms with Crippen molar-refractivity contribution in [1.82, 2.24) is 10.3 Å². The molecule has 9 nitrogen and oxygen atoms in total. The van der Waals surface area contributed by atoms with E-state index in [0.29, 0.717) is 39.2 Å². The molecule has 0 unspecified atom stereocenters. The molecule has 2 heterocycles. The van der Waals surface area contributed by atoms with Crippen LogP contribution in [-0.4, -0.2) is 27.7 Å². The highest BCUT2D eigenvalue weighted by molar-refractivity contribution is 6.24. The molecule has 7 aromatic rings. The van der Waals surface area contributed by atoms with Gasteiger partial charge in [0.25, 0.3) is 11.8 Å². The number of azo groups is 1. The number of anilines is 1. The van der Waals surface area contributed by atoms with Gasteiger partial charge in [-0.15, -0.1) is 5.11 Å². The fraction of sp³-hybridized carbons (Fsp3) is 0. The standard InChI is InChI=1S/C37H24N6O3/c44-34-29(37(46)39-22-8-2-1-3-9-22)20-21-14-19-26-25-10-6-7-13-30(25)40-32(26)31(21)33(34)43-42-24-17-15-23(16-18-24)38-35-27-11-4-5-12-28(27)36(45)41-35/h1-20,40,44H,(H,39,46)(H,38,41,45)/b43-42+. The summed E-state index contributed by atoms with van der Waals surface area (Å²) in [5.41, 5.74) is 5.04. The molecule has 0 bridgehead atoms. The van der Waals surface area contributed by atoms with Gasteiger partial charge in [-0.25, -0.2) is 4.99 Å². The topological polar surface area (TPSA) is 131 Å². The van der Waals surface area contributed by atoms with Gasteiger partial charge in [0.2, 0.25) is 0 Å². The molecule has 9 heteroatoms. The van der Waals surface area contributed by atoms with Crippen LogP contribution in [0.15, 0.2) is 137 Å². The average molecular weight is 601 g/mol. The summed E-state index contributed by atoms with van der Waals surface area (Å²) in [6, 6.07) is 36.9. The Morgan fingerprint density at radius 3 is 2.26 bits per heavy atom. The van der Waals surface area contributed by atoms with Gasteiger partial charge in [0, 0.05) is 32.9 Å². The number of aromatic amines is 1. The van der Waals surface area contributed by atoms with Crippen LogP contribution in [-0.2, 0) is 0 Å². The molecule has 0 saturated carbocycles. The van der Waals surface area contributed by atoms with Gasteiger partial charge in [-0.3, -0.25) is 9.59 Å². The molecule has 0 saturated heterocycles. The van der Waals surface area contributed by atoms with Gasteiger partial charge in [0.05, 0.1) is 28.0 Å². The summed E-state index contributed by atoms with van der Waals surface area (Å²) in [6.07, 6.45) is 0. The van der Waals surface area contributed by atoms with Crippen molar-refractivity contribution in [3.05, 3.63) is 138 Å². The quantitative estimate of drug-likeness (QED) is 0.147. The van der Waals surface area contributed by atoms with Crippen LogP contribution in [0.4, 0.5) is 22.7 Å². The SMILES string of the molecule is O=C1N/C(=N\c2ccc(/N=N/c3c(O)c(C(=O)Nc4ccccc4)cc4ccc5c6ccccc6[nH]c5c34)cc2)c2ccccc21. The minimum Gasteiger partial charge on any atom is -0.505 e. The van der Waals surface area contributed by atoms with Gasteiger partial charge in [-0.1, -0.05) is 66.7 Å². The fourth-order valence-corrected chi connectivity index (χ4v) is 5.82. The maximum Gasteiger partial charge on any atom is 0.259 e. The van der Waals surface area contributed by atoms with Crippen LogP contribution in [0, 0.1) is 0 Å². The monoisotopic (exact) mass is 600 g/mol. The van der Waals surface area contributed by atoms with Crippen LogP contribution in [0.2, 0.25) is 0 Å². The Bertz CT molecular complexity index is 2410. The Labute approximate surface area is 262 Å². The molecule has 1 aliphatic heterocycles. The molecule has 8 rings (SSSR count). The molecule has 2 amide bonds. The molecular formula is C37H24N6O3. The van der Waals surface area contributed by atoms with E-state index in [1.54, 1.807) is 48.5 Å². The number of fused-ring (bicyclic) bond motifs is 6. The molecule has 46 heavy (non-hydrogen) atoms. The minimum atomic E-state index is -0.470. The second kappa shape index (κ2) is 10.8. The average Bonchev–Trinajstić information content (AvgIpc) is 3.62. The van der Waals surface area contributed by atoms with Crippen molar-refractivity contribution in [1.29, 1.82) is 0 Å². The lowest BCUT2D eigenvalue weighted by molar-refractivity contribution is 0.0981. The normalized spacial score (nSPS) is 13.6. The number of nitrogens with one attached hydrogen (secondary N) is 3. The van der Waals surface area contributed by atoms with E-state index in [4.69, 9.17) is 0 Å². The number of rotatable bonds is 5. The van der Waals surface area contributed by atoms with E-state index < -0.39 is 5.91 Å². The Kier molecular flexibility index (Phi) is 6.35. The Morgan fingerprint density at radius 1 is 0.717 bits per heavy atom. The highest BCUT2D eigenvalue weighted by atomic mass is 16.3. The van der Waals surface area contributed by atoms with E-state index in [0.717, 1.165) is 27.4 Å². The van der Waals surface area contributed by atoms with Crippen LogP contribution >= 0.6 is 0 Å². The third kappa shape index (κ3) is 4.63. The summed E-state index contributed by atoms with van der Waals surface area (Å²) >= 11 is 0. The number of benzene rings is 6. The highest BCUT2D eigenvalue weighted by Gasteiger charge is 2.24. The zero-order valence-electron chi connectivity index (χ0n) is 24.2. The molecule has 6 aromatic carbocycles. The van der Waals surface area contributed by atoms with E-state index in [9.17, 15) is 14.7 Å². The lowest BCUT2D eigenvalue weighted by Gasteiger charge is -2.12. The maximum absolute atomic E-state index is 13.4. The molecule has 0 spiro atoms. The van der Waals surface area contributed by atoms with Crippen molar-refractivity contribution < 1.29 is 14.7 Å². The summed E-state index contributed by atoms with van der Waals surface area (Å²) in [4.78, 5) is 33.8. The van der Waals surface area contributed by atoms with Crippen molar-refractivity contribution >= 4 is 73.0 Å². The zero-order valence-corrected chi connectivity index (χ0v) is 24.2. The molecule has 4 N–H and O–H groups in total. The molecule has 0 aliphatic carbocycles. The number of hydrogen-bond acceptors (Lipinski definition) is 6. The molecule has 0 fully saturated rings. The fourth-order valence-electron chi connectivity index (χ4n) is 5.82. The van der Waals surface area contributed by atoms with Gasteiger partial charge in [0.1, 0.15) is 11.5 Å². The molecule has 0 atom stereocenters. The second-order valence-corrected chi connectivity index (χ2v) is 10.9. The minimum absolute atomic E-state index is 0.0748. The lowest BCUT2D eigenvalue weighted by Crippen LogP contribution is -2.21. The Hall–Kier alpha value is -6.61. The van der Waals surface area contributed by atoms with E-state index >= 15 is 0 Å². The smallest absolute Gasteiger partial charge is 0.259 e. The molecular weight excluding hydrogens is 576 g/mol. The van der Waals surface area contributed by atoms with Crippen molar-refractivity contribution in [2.24, 2.45) is 15.2 Å². The van der Waals surface area contributed by atoms with Crippen molar-refractivity contribution in [2.75, 3.05) is 5.32 Å². The number of phenols is 1. The van der Waals surface area contributed by atoms with Crippen LogP contribution in [0.3, 0.4) is 0 Å². The van der Waals surface area contributed by atoms with Crippen LogP contribution < -0.4 is 10.6 Å². The number of amides is 2. The predicted octanol–water partition coefficient (Wildman–Crippen LogP) is 8.67. The summed E-state index contributed by atoms with van der Waals surface area (Å²) in [5, 5.41) is 29.6. The molecule has 220 valence electrons. The summed E-state index contributed by atoms with van der Waals surface area (Å²) in [6.45, 7) is 0. The summed E-state index contributed by atoms with van der Waals surface area (Å²) in [7, 11) is 0. The number of aromatic hydroxyl groups is 1. The third-order valence-corrected chi connectivity index (χ3v) is 8.02. The number of amidine groups is 1. The Morgan fingerprint density at radius 2 is 1.43 bits per heavy atom. The number of aliphatic imine (C=N–C) groups is 1. The van der Waals surface area contributed by atoms with Gasteiger partial charge in [-0.2, -0.15) is 5.11 Å². The predicted molar refractivity (Wildman–Crippen MR) is 180 cm³/mol. The largest absolute Gasteiger partial charge is 0.505 e. The second-order valence-electron chi connectivity index (χ2n) is 10.9. The number of nitrogens with zero attached hydrogens (tertiary/aromatic N) is 3. The first-order valence-corrected chi connectivity index (χ1v) is 14.6. The number of phenolic OH excluding ortho intramolecular Hbond substituents is 1. The van der Waals surface area contributed by atoms with Crippen LogP contribution in [0.5, 0.6) is 5.75 Å². The van der Waals surface area contributed by atoms with Crippen molar-refractivity contribution in [3.63, 3.8) is 0 Å². The zero-order chi connectivity index (χ0) is 31.2. The van der Waals surface area contributed by atoms with E-state index in [-0.39, 0.29) is 22.9 Å². The lowest BCUT2D eigenvalue weighted by atomic mass is 10.00. The van der Waals surface area contributed by atoms with Gasteiger partial charge < -0.3 is 20.7 Å². The van der Waals surface area contributed by atoms with E-state index in [1.807, 2.05) is 72.8 Å². The Balaban J connectivity index is 1.21. The number of carbonyl (C=O) groups is 2. The van der Waals surface area contributed by atoms with E-state index in [2.05, 4.69) is 30.8 Å². The molecule has 1 aliphatic rings. The van der Waals surface area contributed by atoms with Gasteiger partial charge >= 0.3 is 0 Å². The van der Waals surface area contributed by atoms with Crippen LogP contribution in [0.1, 0.15) is 26.3 Å². The highest BCUT2D eigenvalue weighted by Crippen LogP contribution is 2.44. The number of hydrogen-bond donors (Lipinski definition) is 4. The molecule has 0 radical (unpaired) electrons. The van der Waals surface area contributed by atoms with Gasteiger partial charge in [-0.05, 0) is 60.0 Å². The van der Waals surface area contributed by atoms with E-state index in [1.165, 1.54) is 0 Å².